The summed E-state index contributed by atoms with van der Waals surface area (Å²) >= 11 is 0. The molecule has 0 aliphatic rings. The van der Waals surface area contributed by atoms with Gasteiger partial charge in [-0.05, 0) is 24.6 Å². The topological polar surface area (TPSA) is 40.7 Å². The molecule has 2 aromatic carbocycles. The minimum absolute atomic E-state index is 0.228. The molecule has 1 aromatic heterocycles. The van der Waals surface area contributed by atoms with Crippen molar-refractivity contribution in [2.24, 2.45) is 0 Å². The fourth-order valence-corrected chi connectivity index (χ4v) is 2.05. The van der Waals surface area contributed by atoms with Crippen molar-refractivity contribution in [3.63, 3.8) is 0 Å². The fourth-order valence-electron chi connectivity index (χ4n) is 2.05. The molecule has 1 atom stereocenters. The minimum atomic E-state index is 0.228. The lowest BCUT2D eigenvalue weighted by molar-refractivity contribution is 0.869. The number of anilines is 1. The van der Waals surface area contributed by atoms with Crippen LogP contribution in [0.2, 0.25) is 0 Å². The van der Waals surface area contributed by atoms with Crippen molar-refractivity contribution < 1.29 is 0 Å². The van der Waals surface area contributed by atoms with Crippen LogP contribution in [0.15, 0.2) is 54.6 Å². The molecule has 0 bridgehead atoms. The first kappa shape index (κ1) is 10.8. The monoisotopic (exact) mass is 237 g/mol. The van der Waals surface area contributed by atoms with Crippen molar-refractivity contribution in [1.29, 1.82) is 0 Å². The van der Waals surface area contributed by atoms with Crippen molar-refractivity contribution in [2.45, 2.75) is 13.0 Å². The Balaban J connectivity index is 1.84. The highest BCUT2D eigenvalue weighted by atomic mass is 15.1. The lowest BCUT2D eigenvalue weighted by Gasteiger charge is -2.12. The number of hydrogen-bond acceptors (Lipinski definition) is 2. The van der Waals surface area contributed by atoms with E-state index in [1.165, 1.54) is 5.56 Å². The number of para-hydroxylation sites is 2. The van der Waals surface area contributed by atoms with Gasteiger partial charge in [-0.2, -0.15) is 0 Å². The molecule has 0 amide bonds. The molecule has 3 rings (SSSR count). The Morgan fingerprint density at radius 2 is 1.72 bits per heavy atom. The van der Waals surface area contributed by atoms with E-state index in [1.807, 2.05) is 42.5 Å². The summed E-state index contributed by atoms with van der Waals surface area (Å²) in [5.41, 5.74) is 3.29. The van der Waals surface area contributed by atoms with Gasteiger partial charge in [-0.1, -0.05) is 42.5 Å². The van der Waals surface area contributed by atoms with E-state index >= 15 is 0 Å². The zero-order valence-electron chi connectivity index (χ0n) is 10.2. The predicted molar refractivity (Wildman–Crippen MR) is 74.6 cm³/mol. The molecule has 0 spiro atoms. The smallest absolute Gasteiger partial charge is 0.201 e. The van der Waals surface area contributed by atoms with Crippen molar-refractivity contribution >= 4 is 17.0 Å². The molecule has 3 nitrogen and oxygen atoms in total. The van der Waals surface area contributed by atoms with Gasteiger partial charge in [0.25, 0.3) is 0 Å². The van der Waals surface area contributed by atoms with Gasteiger partial charge >= 0.3 is 0 Å². The number of nitrogens with zero attached hydrogens (tertiary/aromatic N) is 1. The molecule has 90 valence electrons. The molecule has 1 unspecified atom stereocenters. The summed E-state index contributed by atoms with van der Waals surface area (Å²) in [7, 11) is 0. The molecule has 0 fully saturated rings. The van der Waals surface area contributed by atoms with Gasteiger partial charge in [0, 0.05) is 0 Å². The van der Waals surface area contributed by atoms with Crippen molar-refractivity contribution in [1.82, 2.24) is 9.97 Å². The second-order valence-corrected chi connectivity index (χ2v) is 4.38. The number of aromatic amines is 1. The molecule has 0 radical (unpaired) electrons. The number of benzene rings is 2. The maximum Gasteiger partial charge on any atom is 0.201 e. The van der Waals surface area contributed by atoms with Gasteiger partial charge < -0.3 is 10.3 Å². The third-order valence-electron chi connectivity index (χ3n) is 3.04. The molecule has 0 aliphatic carbocycles. The van der Waals surface area contributed by atoms with E-state index in [-0.39, 0.29) is 6.04 Å². The molecule has 0 saturated heterocycles. The van der Waals surface area contributed by atoms with Crippen LogP contribution in [0.25, 0.3) is 11.0 Å². The summed E-state index contributed by atoms with van der Waals surface area (Å²) in [5, 5.41) is 3.38. The molecular weight excluding hydrogens is 222 g/mol. The summed E-state index contributed by atoms with van der Waals surface area (Å²) in [5.74, 6) is 0.813. The van der Waals surface area contributed by atoms with Gasteiger partial charge in [-0.25, -0.2) is 4.98 Å². The highest BCUT2D eigenvalue weighted by Crippen LogP contribution is 2.19. The molecule has 0 saturated carbocycles. The summed E-state index contributed by atoms with van der Waals surface area (Å²) in [6, 6.07) is 18.6. The molecular formula is C15H15N3. The zero-order valence-corrected chi connectivity index (χ0v) is 10.2. The van der Waals surface area contributed by atoms with Crippen LogP contribution < -0.4 is 5.32 Å². The van der Waals surface area contributed by atoms with E-state index in [4.69, 9.17) is 0 Å². The maximum absolute atomic E-state index is 4.51. The van der Waals surface area contributed by atoms with E-state index in [0.29, 0.717) is 0 Å². The van der Waals surface area contributed by atoms with Gasteiger partial charge in [0.15, 0.2) is 0 Å². The number of imidazole rings is 1. The van der Waals surface area contributed by atoms with Gasteiger partial charge in [0.2, 0.25) is 5.95 Å². The van der Waals surface area contributed by atoms with Gasteiger partial charge in [-0.3, -0.25) is 0 Å². The van der Waals surface area contributed by atoms with Gasteiger partial charge in [0.05, 0.1) is 17.1 Å². The first-order valence-corrected chi connectivity index (χ1v) is 6.09. The van der Waals surface area contributed by atoms with E-state index in [2.05, 4.69) is 34.3 Å². The van der Waals surface area contributed by atoms with Crippen molar-refractivity contribution in [3.05, 3.63) is 60.2 Å². The second kappa shape index (κ2) is 4.53. The number of hydrogen-bond donors (Lipinski definition) is 2. The van der Waals surface area contributed by atoms with Crippen LogP contribution >= 0.6 is 0 Å². The number of H-pyrrole nitrogens is 1. The van der Waals surface area contributed by atoms with Crippen molar-refractivity contribution in [3.8, 4) is 0 Å². The standard InChI is InChI=1S/C15H15N3/c1-11(12-7-3-2-4-8-12)16-15-17-13-9-5-6-10-14(13)18-15/h2-11H,1H3,(H2,16,17,18). The van der Waals surface area contributed by atoms with E-state index in [1.54, 1.807) is 0 Å². The third-order valence-corrected chi connectivity index (χ3v) is 3.04. The second-order valence-electron chi connectivity index (χ2n) is 4.38. The van der Waals surface area contributed by atoms with Crippen LogP contribution in [0.5, 0.6) is 0 Å². The van der Waals surface area contributed by atoms with Crippen LogP contribution in [0.1, 0.15) is 18.5 Å². The fraction of sp³-hybridized carbons (Fsp3) is 0.133. The first-order chi connectivity index (χ1) is 8.83. The highest BCUT2D eigenvalue weighted by molar-refractivity contribution is 5.77. The Morgan fingerprint density at radius 3 is 2.50 bits per heavy atom. The molecule has 3 heteroatoms. The summed E-state index contributed by atoms with van der Waals surface area (Å²) < 4.78 is 0. The maximum atomic E-state index is 4.51. The largest absolute Gasteiger partial charge is 0.349 e. The lowest BCUT2D eigenvalue weighted by atomic mass is 10.1. The van der Waals surface area contributed by atoms with E-state index in [9.17, 15) is 0 Å². The van der Waals surface area contributed by atoms with Crippen LogP contribution in [-0.2, 0) is 0 Å². The average molecular weight is 237 g/mol. The number of rotatable bonds is 3. The van der Waals surface area contributed by atoms with E-state index < -0.39 is 0 Å². The van der Waals surface area contributed by atoms with Crippen molar-refractivity contribution in [2.75, 3.05) is 5.32 Å². The zero-order chi connectivity index (χ0) is 12.4. The number of nitrogens with one attached hydrogen (secondary N) is 2. The quantitative estimate of drug-likeness (QED) is 0.728. The minimum Gasteiger partial charge on any atom is -0.349 e. The third kappa shape index (κ3) is 2.07. The summed E-state index contributed by atoms with van der Waals surface area (Å²) in [6.07, 6.45) is 0. The normalized spacial score (nSPS) is 12.5. The van der Waals surface area contributed by atoms with Crippen LogP contribution in [0.4, 0.5) is 5.95 Å². The lowest BCUT2D eigenvalue weighted by Crippen LogP contribution is -2.07. The highest BCUT2D eigenvalue weighted by Gasteiger charge is 2.07. The van der Waals surface area contributed by atoms with Gasteiger partial charge in [0.1, 0.15) is 0 Å². The summed E-state index contributed by atoms with van der Waals surface area (Å²) in [4.78, 5) is 7.79. The summed E-state index contributed by atoms with van der Waals surface area (Å²) in [6.45, 7) is 2.13. The first-order valence-electron chi connectivity index (χ1n) is 6.09. The Bertz CT molecular complexity index is 610. The molecule has 18 heavy (non-hydrogen) atoms. The predicted octanol–water partition coefficient (Wildman–Crippen LogP) is 3.74. The Labute approximate surface area is 106 Å². The Kier molecular flexibility index (Phi) is 2.73. The molecule has 2 N–H and O–H groups in total. The molecule has 0 aliphatic heterocycles. The average Bonchev–Trinajstić information content (AvgIpc) is 2.82. The Morgan fingerprint density at radius 1 is 1.00 bits per heavy atom. The Hall–Kier alpha value is -2.29. The number of aromatic nitrogens is 2. The van der Waals surface area contributed by atoms with Crippen LogP contribution in [0, 0.1) is 0 Å². The van der Waals surface area contributed by atoms with Gasteiger partial charge in [-0.15, -0.1) is 0 Å². The van der Waals surface area contributed by atoms with Crippen LogP contribution in [0.3, 0.4) is 0 Å². The SMILES string of the molecule is CC(Nc1nc2ccccc2[nH]1)c1ccccc1. The molecule has 1 heterocycles. The molecule has 3 aromatic rings. The van der Waals surface area contributed by atoms with Crippen LogP contribution in [-0.4, -0.2) is 9.97 Å². The van der Waals surface area contributed by atoms with E-state index in [0.717, 1.165) is 17.0 Å². The number of fused-ring (bicyclic) bond motifs is 1.